The smallest absolute Gasteiger partial charge is 0.307 e. The highest BCUT2D eigenvalue weighted by Crippen LogP contribution is 2.31. The Morgan fingerprint density at radius 1 is 1.19 bits per heavy atom. The Bertz CT molecular complexity index is 1080. The van der Waals surface area contributed by atoms with Crippen LogP contribution in [0.3, 0.4) is 0 Å². The standard InChI is InChI=1S/C27H31N3O2/c1-18-12-24-25(29-16-18)15-23(17-30-24)27(21-6-4-3-5-7-21)28-11-10-22-13-20(14-26(31)32)9-8-19(22)2/h3-9,12-13,16,23,27-28,30H,10-11,14-15,17H2,1-2H3,(H,31,32)/t23-,27-/m1/s1. The summed E-state index contributed by atoms with van der Waals surface area (Å²) in [5, 5.41) is 16.5. The zero-order valence-electron chi connectivity index (χ0n) is 18.8. The van der Waals surface area contributed by atoms with E-state index in [4.69, 9.17) is 5.11 Å². The summed E-state index contributed by atoms with van der Waals surface area (Å²) in [6.45, 7) is 5.88. The average Bonchev–Trinajstić information content (AvgIpc) is 2.78. The molecule has 1 aliphatic rings. The number of aliphatic carboxylic acids is 1. The molecule has 0 saturated heterocycles. The summed E-state index contributed by atoms with van der Waals surface area (Å²) < 4.78 is 0. The fourth-order valence-electron chi connectivity index (χ4n) is 4.57. The van der Waals surface area contributed by atoms with E-state index in [1.54, 1.807) is 0 Å². The predicted molar refractivity (Wildman–Crippen MR) is 128 cm³/mol. The van der Waals surface area contributed by atoms with Crippen LogP contribution in [0.2, 0.25) is 0 Å². The molecule has 1 aromatic heterocycles. The Labute approximate surface area is 189 Å². The molecule has 3 N–H and O–H groups in total. The summed E-state index contributed by atoms with van der Waals surface area (Å²) in [6, 6.07) is 19.0. The molecule has 0 unspecified atom stereocenters. The van der Waals surface area contributed by atoms with Gasteiger partial charge in [-0.2, -0.15) is 0 Å². The van der Waals surface area contributed by atoms with E-state index in [9.17, 15) is 4.79 Å². The van der Waals surface area contributed by atoms with E-state index in [1.165, 1.54) is 22.3 Å². The van der Waals surface area contributed by atoms with Gasteiger partial charge in [0.15, 0.2) is 0 Å². The fraction of sp³-hybridized carbons (Fsp3) is 0.333. The van der Waals surface area contributed by atoms with Crippen LogP contribution in [-0.4, -0.2) is 29.1 Å². The van der Waals surface area contributed by atoms with Crippen LogP contribution >= 0.6 is 0 Å². The van der Waals surface area contributed by atoms with E-state index >= 15 is 0 Å². The molecule has 0 amide bonds. The molecule has 2 heterocycles. The lowest BCUT2D eigenvalue weighted by Gasteiger charge is -2.33. The number of nitrogens with one attached hydrogen (secondary N) is 2. The normalized spacial score (nSPS) is 16.1. The minimum Gasteiger partial charge on any atom is -0.481 e. The van der Waals surface area contributed by atoms with Gasteiger partial charge in [-0.1, -0.05) is 48.5 Å². The maximum absolute atomic E-state index is 11.1. The van der Waals surface area contributed by atoms with Crippen molar-refractivity contribution in [2.75, 3.05) is 18.4 Å². The lowest BCUT2D eigenvalue weighted by Crippen LogP contribution is -2.37. The first-order chi connectivity index (χ1) is 15.5. The van der Waals surface area contributed by atoms with Crippen molar-refractivity contribution in [3.05, 3.63) is 94.3 Å². The number of anilines is 1. The van der Waals surface area contributed by atoms with Gasteiger partial charge < -0.3 is 15.7 Å². The Morgan fingerprint density at radius 2 is 2.00 bits per heavy atom. The molecular formula is C27H31N3O2. The van der Waals surface area contributed by atoms with E-state index in [0.29, 0.717) is 5.92 Å². The van der Waals surface area contributed by atoms with Crippen LogP contribution in [0.25, 0.3) is 0 Å². The molecule has 1 aliphatic heterocycles. The van der Waals surface area contributed by atoms with Gasteiger partial charge >= 0.3 is 5.97 Å². The number of carboxylic acid groups (broad SMARTS) is 1. The van der Waals surface area contributed by atoms with E-state index in [-0.39, 0.29) is 12.5 Å². The van der Waals surface area contributed by atoms with Gasteiger partial charge in [-0.25, -0.2) is 0 Å². The number of pyridine rings is 1. The second-order valence-electron chi connectivity index (χ2n) is 8.78. The molecule has 0 aliphatic carbocycles. The number of hydrogen-bond donors (Lipinski definition) is 3. The van der Waals surface area contributed by atoms with Crippen molar-refractivity contribution in [2.24, 2.45) is 5.92 Å². The number of fused-ring (bicyclic) bond motifs is 1. The minimum atomic E-state index is -0.795. The molecule has 166 valence electrons. The predicted octanol–water partition coefficient (Wildman–Crippen LogP) is 4.48. The minimum absolute atomic E-state index is 0.0625. The lowest BCUT2D eigenvalue weighted by atomic mass is 9.86. The molecular weight excluding hydrogens is 398 g/mol. The summed E-state index contributed by atoms with van der Waals surface area (Å²) in [4.78, 5) is 15.8. The number of benzene rings is 2. The molecule has 5 nitrogen and oxygen atoms in total. The maximum Gasteiger partial charge on any atom is 0.307 e. The van der Waals surface area contributed by atoms with Gasteiger partial charge in [0.25, 0.3) is 0 Å². The Balaban J connectivity index is 1.48. The highest BCUT2D eigenvalue weighted by Gasteiger charge is 2.28. The Kier molecular flexibility index (Phi) is 6.86. The quantitative estimate of drug-likeness (QED) is 0.492. The van der Waals surface area contributed by atoms with Crippen LogP contribution in [0.1, 0.15) is 39.6 Å². The van der Waals surface area contributed by atoms with Crippen LogP contribution in [-0.2, 0) is 24.1 Å². The van der Waals surface area contributed by atoms with Gasteiger partial charge in [0, 0.05) is 24.7 Å². The number of aromatic nitrogens is 1. The highest BCUT2D eigenvalue weighted by atomic mass is 16.4. The number of nitrogens with zero attached hydrogens (tertiary/aromatic N) is 1. The SMILES string of the molecule is Cc1cnc2c(c1)NC[C@H]([C@H](NCCc1cc(CC(=O)O)ccc1C)c1ccccc1)C2. The van der Waals surface area contributed by atoms with Gasteiger partial charge in [0.05, 0.1) is 17.8 Å². The summed E-state index contributed by atoms with van der Waals surface area (Å²) in [6.07, 6.45) is 3.80. The zero-order valence-corrected chi connectivity index (χ0v) is 18.8. The van der Waals surface area contributed by atoms with Crippen LogP contribution in [0, 0.1) is 19.8 Å². The number of hydrogen-bond acceptors (Lipinski definition) is 4. The first-order valence-corrected chi connectivity index (χ1v) is 11.3. The van der Waals surface area contributed by atoms with Gasteiger partial charge in [-0.05, 0) is 67.1 Å². The third-order valence-corrected chi connectivity index (χ3v) is 6.27. The summed E-state index contributed by atoms with van der Waals surface area (Å²) in [5.74, 6) is -0.407. The fourth-order valence-corrected chi connectivity index (χ4v) is 4.57. The molecule has 2 atom stereocenters. The Morgan fingerprint density at radius 3 is 2.78 bits per heavy atom. The van der Waals surface area contributed by atoms with Crippen LogP contribution in [0.5, 0.6) is 0 Å². The van der Waals surface area contributed by atoms with Crippen molar-refractivity contribution < 1.29 is 9.90 Å². The van der Waals surface area contributed by atoms with Crippen LogP contribution < -0.4 is 10.6 Å². The van der Waals surface area contributed by atoms with Crippen LogP contribution in [0.4, 0.5) is 5.69 Å². The van der Waals surface area contributed by atoms with Crippen molar-refractivity contribution in [3.63, 3.8) is 0 Å². The number of carboxylic acids is 1. The number of carbonyl (C=O) groups is 1. The third kappa shape index (κ3) is 5.35. The third-order valence-electron chi connectivity index (χ3n) is 6.27. The van der Waals surface area contributed by atoms with E-state index in [1.807, 2.05) is 24.4 Å². The molecule has 0 spiro atoms. The van der Waals surface area contributed by atoms with Gasteiger partial charge in [-0.15, -0.1) is 0 Å². The molecule has 5 heteroatoms. The second-order valence-corrected chi connectivity index (χ2v) is 8.78. The van der Waals surface area contributed by atoms with E-state index in [2.05, 4.69) is 65.9 Å². The van der Waals surface area contributed by atoms with Crippen LogP contribution in [0.15, 0.2) is 60.8 Å². The molecule has 0 fully saturated rings. The van der Waals surface area contributed by atoms with Crippen molar-refractivity contribution in [2.45, 2.75) is 39.2 Å². The molecule has 0 radical (unpaired) electrons. The van der Waals surface area contributed by atoms with E-state index in [0.717, 1.165) is 42.9 Å². The van der Waals surface area contributed by atoms with Crippen molar-refractivity contribution in [1.82, 2.24) is 10.3 Å². The monoisotopic (exact) mass is 429 g/mol. The molecule has 0 bridgehead atoms. The molecule has 32 heavy (non-hydrogen) atoms. The van der Waals surface area contributed by atoms with Crippen molar-refractivity contribution in [1.29, 1.82) is 0 Å². The zero-order chi connectivity index (χ0) is 22.5. The molecule has 3 aromatic rings. The average molecular weight is 430 g/mol. The first-order valence-electron chi connectivity index (χ1n) is 11.3. The molecule has 4 rings (SSSR count). The lowest BCUT2D eigenvalue weighted by molar-refractivity contribution is -0.136. The number of rotatable bonds is 8. The molecule has 0 saturated carbocycles. The van der Waals surface area contributed by atoms with Gasteiger partial charge in [0.1, 0.15) is 0 Å². The highest BCUT2D eigenvalue weighted by molar-refractivity contribution is 5.70. The topological polar surface area (TPSA) is 74.2 Å². The summed E-state index contributed by atoms with van der Waals surface area (Å²) >= 11 is 0. The summed E-state index contributed by atoms with van der Waals surface area (Å²) in [7, 11) is 0. The van der Waals surface area contributed by atoms with Crippen molar-refractivity contribution in [3.8, 4) is 0 Å². The van der Waals surface area contributed by atoms with E-state index < -0.39 is 5.97 Å². The Hall–Kier alpha value is -3.18. The maximum atomic E-state index is 11.1. The van der Waals surface area contributed by atoms with Gasteiger partial charge in [0.2, 0.25) is 0 Å². The summed E-state index contributed by atoms with van der Waals surface area (Å²) in [5.41, 5.74) is 7.99. The first kappa shape index (κ1) is 22.0. The van der Waals surface area contributed by atoms with Gasteiger partial charge in [-0.3, -0.25) is 9.78 Å². The second kappa shape index (κ2) is 9.96. The number of aryl methyl sites for hydroxylation is 2. The van der Waals surface area contributed by atoms with Crippen molar-refractivity contribution >= 4 is 11.7 Å². The largest absolute Gasteiger partial charge is 0.481 e. The molecule has 2 aromatic carbocycles.